The van der Waals surface area contributed by atoms with Gasteiger partial charge < -0.3 is 10.5 Å². The second kappa shape index (κ2) is 7.73. The first-order chi connectivity index (χ1) is 9.79. The van der Waals surface area contributed by atoms with Crippen molar-refractivity contribution in [3.8, 4) is 5.75 Å². The molecule has 20 heavy (non-hydrogen) atoms. The number of benzene rings is 2. The van der Waals surface area contributed by atoms with Crippen molar-refractivity contribution in [1.82, 2.24) is 0 Å². The van der Waals surface area contributed by atoms with Crippen LogP contribution < -0.4 is 10.5 Å². The van der Waals surface area contributed by atoms with Crippen molar-refractivity contribution < 1.29 is 4.74 Å². The van der Waals surface area contributed by atoms with Gasteiger partial charge >= 0.3 is 0 Å². The molecule has 3 heteroatoms. The Bertz CT molecular complexity index is 566. The van der Waals surface area contributed by atoms with Crippen molar-refractivity contribution >= 4 is 17.7 Å². The smallest absolute Gasteiger partial charge is 0.123 e. The van der Waals surface area contributed by atoms with Crippen molar-refractivity contribution in [1.29, 1.82) is 0 Å². The van der Waals surface area contributed by atoms with Gasteiger partial charge in [0.25, 0.3) is 0 Å². The third-order valence-corrected chi connectivity index (χ3v) is 3.12. The zero-order valence-electron chi connectivity index (χ0n) is 11.3. The molecule has 104 valence electrons. The highest BCUT2D eigenvalue weighted by atomic mass is 35.5. The van der Waals surface area contributed by atoms with Gasteiger partial charge in [-0.15, -0.1) is 0 Å². The van der Waals surface area contributed by atoms with E-state index in [4.69, 9.17) is 22.1 Å². The van der Waals surface area contributed by atoms with Crippen LogP contribution in [0.15, 0.2) is 54.6 Å². The Hall–Kier alpha value is -1.77. The van der Waals surface area contributed by atoms with Gasteiger partial charge in [-0.3, -0.25) is 0 Å². The van der Waals surface area contributed by atoms with E-state index in [9.17, 15) is 0 Å². The van der Waals surface area contributed by atoms with Gasteiger partial charge in [0.05, 0.1) is 0 Å². The summed E-state index contributed by atoms with van der Waals surface area (Å²) in [5.74, 6) is 0.845. The second-order valence-electron chi connectivity index (χ2n) is 4.41. The molecule has 2 nitrogen and oxygen atoms in total. The predicted molar refractivity (Wildman–Crippen MR) is 85.2 cm³/mol. The molecule has 2 aromatic carbocycles. The molecular formula is C17H18ClNO. The van der Waals surface area contributed by atoms with Crippen molar-refractivity contribution in [2.75, 3.05) is 13.2 Å². The lowest BCUT2D eigenvalue weighted by molar-refractivity contribution is 0.359. The van der Waals surface area contributed by atoms with E-state index < -0.39 is 0 Å². The summed E-state index contributed by atoms with van der Waals surface area (Å²) >= 11 is 5.98. The van der Waals surface area contributed by atoms with Crippen LogP contribution in [0.5, 0.6) is 5.75 Å². The normalized spacial score (nSPS) is 10.9. The number of hydrogen-bond donors (Lipinski definition) is 1. The van der Waals surface area contributed by atoms with E-state index in [0.717, 1.165) is 23.3 Å². The topological polar surface area (TPSA) is 35.2 Å². The molecule has 0 aliphatic rings. The Morgan fingerprint density at radius 2 is 1.90 bits per heavy atom. The summed E-state index contributed by atoms with van der Waals surface area (Å²) in [6.07, 6.45) is 4.80. The fourth-order valence-electron chi connectivity index (χ4n) is 1.93. The minimum absolute atomic E-state index is 0.522. The van der Waals surface area contributed by atoms with Crippen LogP contribution in [-0.2, 0) is 6.42 Å². The van der Waals surface area contributed by atoms with Gasteiger partial charge in [0.1, 0.15) is 12.4 Å². The van der Waals surface area contributed by atoms with E-state index in [1.54, 1.807) is 0 Å². The molecule has 0 fully saturated rings. The van der Waals surface area contributed by atoms with Crippen LogP contribution in [0.2, 0.25) is 5.02 Å². The van der Waals surface area contributed by atoms with Crippen LogP contribution in [0.3, 0.4) is 0 Å². The highest BCUT2D eigenvalue weighted by Gasteiger charge is 2.03. The number of rotatable bonds is 6. The van der Waals surface area contributed by atoms with Gasteiger partial charge in [-0.2, -0.15) is 0 Å². The standard InChI is InChI=1S/C17H18ClNO/c18-16-8-9-17(15(13-16)10-11-19)20-12-4-7-14-5-2-1-3-6-14/h1-9,13H,10-12,19H2/b7-4+. The van der Waals surface area contributed by atoms with Crippen molar-refractivity contribution in [3.63, 3.8) is 0 Å². The van der Waals surface area contributed by atoms with Crippen molar-refractivity contribution in [2.45, 2.75) is 6.42 Å². The van der Waals surface area contributed by atoms with E-state index >= 15 is 0 Å². The summed E-state index contributed by atoms with van der Waals surface area (Å²) in [7, 11) is 0. The number of hydrogen-bond acceptors (Lipinski definition) is 2. The molecule has 2 aromatic rings. The van der Waals surface area contributed by atoms with Crippen molar-refractivity contribution in [2.24, 2.45) is 5.73 Å². The van der Waals surface area contributed by atoms with Crippen LogP contribution in [-0.4, -0.2) is 13.2 Å². The zero-order valence-corrected chi connectivity index (χ0v) is 12.0. The zero-order chi connectivity index (χ0) is 14.2. The fraction of sp³-hybridized carbons (Fsp3) is 0.176. The van der Waals surface area contributed by atoms with E-state index in [1.807, 2.05) is 48.6 Å². The van der Waals surface area contributed by atoms with Gasteiger partial charge in [0.2, 0.25) is 0 Å². The average Bonchev–Trinajstić information content (AvgIpc) is 2.47. The van der Waals surface area contributed by atoms with Crippen LogP contribution in [0, 0.1) is 0 Å². The fourth-order valence-corrected chi connectivity index (χ4v) is 2.12. The molecule has 0 aliphatic heterocycles. The Morgan fingerprint density at radius 1 is 1.10 bits per heavy atom. The summed E-state index contributed by atoms with van der Waals surface area (Å²) in [5, 5.41) is 0.709. The van der Waals surface area contributed by atoms with Gasteiger partial charge in [-0.25, -0.2) is 0 Å². The summed E-state index contributed by atoms with van der Waals surface area (Å²) in [4.78, 5) is 0. The van der Waals surface area contributed by atoms with E-state index in [2.05, 4.69) is 12.1 Å². The van der Waals surface area contributed by atoms with Gasteiger partial charge in [0, 0.05) is 5.02 Å². The first kappa shape index (κ1) is 14.6. The first-order valence-electron chi connectivity index (χ1n) is 6.62. The maximum Gasteiger partial charge on any atom is 0.123 e. The summed E-state index contributed by atoms with van der Waals surface area (Å²) in [6, 6.07) is 15.8. The molecule has 0 radical (unpaired) electrons. The largest absolute Gasteiger partial charge is 0.489 e. The maximum atomic E-state index is 5.98. The summed E-state index contributed by atoms with van der Waals surface area (Å²) < 4.78 is 5.77. The molecule has 0 heterocycles. The Morgan fingerprint density at radius 3 is 2.65 bits per heavy atom. The van der Waals surface area contributed by atoms with Gasteiger partial charge in [0.15, 0.2) is 0 Å². The quantitative estimate of drug-likeness (QED) is 0.873. The molecule has 0 aromatic heterocycles. The summed E-state index contributed by atoms with van der Waals surface area (Å²) in [6.45, 7) is 1.10. The summed E-state index contributed by atoms with van der Waals surface area (Å²) in [5.41, 5.74) is 7.81. The van der Waals surface area contributed by atoms with Crippen LogP contribution in [0.4, 0.5) is 0 Å². The molecule has 2 N–H and O–H groups in total. The molecule has 0 aliphatic carbocycles. The molecule has 0 bridgehead atoms. The van der Waals surface area contributed by atoms with Crippen LogP contribution in [0.25, 0.3) is 6.08 Å². The molecule has 0 saturated heterocycles. The van der Waals surface area contributed by atoms with Gasteiger partial charge in [-0.05, 0) is 48.4 Å². The number of nitrogens with two attached hydrogens (primary N) is 1. The van der Waals surface area contributed by atoms with Gasteiger partial charge in [-0.1, -0.05) is 48.0 Å². The lowest BCUT2D eigenvalue weighted by Crippen LogP contribution is -2.05. The molecular weight excluding hydrogens is 270 g/mol. The minimum Gasteiger partial charge on any atom is -0.489 e. The molecule has 0 spiro atoms. The molecule has 0 saturated carbocycles. The molecule has 0 unspecified atom stereocenters. The van der Waals surface area contributed by atoms with E-state index in [-0.39, 0.29) is 0 Å². The van der Waals surface area contributed by atoms with E-state index in [1.165, 1.54) is 0 Å². The minimum atomic E-state index is 0.522. The highest BCUT2D eigenvalue weighted by Crippen LogP contribution is 2.23. The third-order valence-electron chi connectivity index (χ3n) is 2.88. The Kier molecular flexibility index (Phi) is 5.66. The molecule has 0 atom stereocenters. The van der Waals surface area contributed by atoms with Crippen molar-refractivity contribution in [3.05, 3.63) is 70.8 Å². The first-order valence-corrected chi connectivity index (χ1v) is 7.00. The Balaban J connectivity index is 1.95. The van der Waals surface area contributed by atoms with Crippen LogP contribution in [0.1, 0.15) is 11.1 Å². The lowest BCUT2D eigenvalue weighted by Gasteiger charge is -2.09. The molecule has 0 amide bonds. The maximum absolute atomic E-state index is 5.98. The van der Waals surface area contributed by atoms with E-state index in [0.29, 0.717) is 18.2 Å². The second-order valence-corrected chi connectivity index (χ2v) is 4.85. The average molecular weight is 288 g/mol. The number of ether oxygens (including phenoxy) is 1. The predicted octanol–water partition coefficient (Wildman–Crippen LogP) is 3.93. The SMILES string of the molecule is NCCc1cc(Cl)ccc1OC/C=C/c1ccccc1. The van der Waals surface area contributed by atoms with Crippen LogP contribution >= 0.6 is 11.6 Å². The third kappa shape index (κ3) is 4.41. The Labute approximate surface area is 124 Å². The monoisotopic (exact) mass is 287 g/mol. The highest BCUT2D eigenvalue weighted by molar-refractivity contribution is 6.30. The number of halogens is 1. The lowest BCUT2D eigenvalue weighted by atomic mass is 10.1. The molecule has 2 rings (SSSR count).